The predicted molar refractivity (Wildman–Crippen MR) is 65.0 cm³/mol. The molecule has 4 heteroatoms. The molecule has 0 saturated heterocycles. The van der Waals surface area contributed by atoms with Crippen LogP contribution in [0, 0.1) is 17.2 Å². The second-order valence-corrected chi connectivity index (χ2v) is 4.79. The topological polar surface area (TPSA) is 67.6 Å². The Balaban J connectivity index is 1.97. The summed E-state index contributed by atoms with van der Waals surface area (Å²) in [6, 6.07) is 10.2. The molecule has 1 atom stereocenters. The Kier molecular flexibility index (Phi) is 2.17. The fourth-order valence-corrected chi connectivity index (χ4v) is 2.27. The number of imidazole rings is 1. The molecular formula is C13H14N4. The number of aromatic nitrogens is 2. The predicted octanol–water partition coefficient (Wildman–Crippen LogP) is 1.67. The van der Waals surface area contributed by atoms with Gasteiger partial charge in [-0.1, -0.05) is 12.1 Å². The van der Waals surface area contributed by atoms with Gasteiger partial charge in [0.15, 0.2) is 0 Å². The molecule has 1 aliphatic rings. The summed E-state index contributed by atoms with van der Waals surface area (Å²) in [5.41, 5.74) is 7.42. The van der Waals surface area contributed by atoms with Gasteiger partial charge in [-0.15, -0.1) is 0 Å². The maximum absolute atomic E-state index is 9.26. The fourth-order valence-electron chi connectivity index (χ4n) is 2.27. The summed E-state index contributed by atoms with van der Waals surface area (Å²) in [5.74, 6) is 0.341. The Hall–Kier alpha value is -1.86. The van der Waals surface area contributed by atoms with Crippen molar-refractivity contribution >= 4 is 11.0 Å². The zero-order chi connectivity index (χ0) is 11.9. The van der Waals surface area contributed by atoms with Crippen molar-refractivity contribution < 1.29 is 0 Å². The Labute approximate surface area is 99.7 Å². The highest BCUT2D eigenvalue weighted by Gasteiger charge is 2.43. The van der Waals surface area contributed by atoms with Crippen LogP contribution in [0.4, 0.5) is 0 Å². The number of nitriles is 1. The molecule has 1 unspecified atom stereocenters. The lowest BCUT2D eigenvalue weighted by Gasteiger charge is -2.21. The van der Waals surface area contributed by atoms with Crippen LogP contribution in [0.25, 0.3) is 11.0 Å². The van der Waals surface area contributed by atoms with Crippen LogP contribution in [0.5, 0.6) is 0 Å². The minimum absolute atomic E-state index is 0.341. The Morgan fingerprint density at radius 2 is 2.24 bits per heavy atom. The van der Waals surface area contributed by atoms with E-state index >= 15 is 0 Å². The van der Waals surface area contributed by atoms with E-state index in [0.29, 0.717) is 12.5 Å². The lowest BCUT2D eigenvalue weighted by Crippen LogP contribution is -2.44. The van der Waals surface area contributed by atoms with Crippen LogP contribution in [0.3, 0.4) is 0 Å². The van der Waals surface area contributed by atoms with Crippen molar-refractivity contribution in [3.8, 4) is 6.07 Å². The van der Waals surface area contributed by atoms with Crippen molar-refractivity contribution in [2.45, 2.75) is 24.9 Å². The summed E-state index contributed by atoms with van der Waals surface area (Å²) in [5, 5.41) is 9.26. The van der Waals surface area contributed by atoms with E-state index in [1.807, 2.05) is 28.8 Å². The van der Waals surface area contributed by atoms with Gasteiger partial charge in [0.1, 0.15) is 5.54 Å². The molecular weight excluding hydrogens is 212 g/mol. The van der Waals surface area contributed by atoms with Crippen molar-refractivity contribution in [1.29, 1.82) is 5.26 Å². The molecule has 86 valence electrons. The Bertz CT molecular complexity index is 591. The standard InChI is InChI=1S/C13H14N4/c14-7-13(15,10-5-6-10)8-17-9-16-11-3-1-2-4-12(11)17/h1-4,9-10H,5-6,8,15H2. The first-order valence-electron chi connectivity index (χ1n) is 5.83. The second kappa shape index (κ2) is 3.57. The van der Waals surface area contributed by atoms with E-state index in [4.69, 9.17) is 5.73 Å². The van der Waals surface area contributed by atoms with Gasteiger partial charge in [0.25, 0.3) is 0 Å². The number of para-hydroxylation sites is 2. The monoisotopic (exact) mass is 226 g/mol. The van der Waals surface area contributed by atoms with E-state index in [1.165, 1.54) is 0 Å². The number of nitrogens with zero attached hydrogens (tertiary/aromatic N) is 3. The third-order valence-electron chi connectivity index (χ3n) is 3.47. The molecule has 3 rings (SSSR count). The van der Waals surface area contributed by atoms with E-state index in [2.05, 4.69) is 11.1 Å². The first-order valence-corrected chi connectivity index (χ1v) is 5.83. The lowest BCUT2D eigenvalue weighted by atomic mass is 9.96. The smallest absolute Gasteiger partial charge is 0.125 e. The largest absolute Gasteiger partial charge is 0.328 e. The summed E-state index contributed by atoms with van der Waals surface area (Å²) in [7, 11) is 0. The molecule has 0 aliphatic heterocycles. The number of hydrogen-bond acceptors (Lipinski definition) is 3. The van der Waals surface area contributed by atoms with E-state index in [-0.39, 0.29) is 0 Å². The molecule has 1 aromatic heterocycles. The van der Waals surface area contributed by atoms with Crippen molar-refractivity contribution in [3.63, 3.8) is 0 Å². The van der Waals surface area contributed by atoms with Crippen LogP contribution < -0.4 is 5.73 Å². The van der Waals surface area contributed by atoms with Gasteiger partial charge >= 0.3 is 0 Å². The van der Waals surface area contributed by atoms with E-state index < -0.39 is 5.54 Å². The zero-order valence-electron chi connectivity index (χ0n) is 9.50. The van der Waals surface area contributed by atoms with Gasteiger partial charge in [0, 0.05) is 0 Å². The van der Waals surface area contributed by atoms with E-state index in [9.17, 15) is 5.26 Å². The van der Waals surface area contributed by atoms with Gasteiger partial charge < -0.3 is 10.3 Å². The molecule has 17 heavy (non-hydrogen) atoms. The molecule has 2 N–H and O–H groups in total. The molecule has 0 spiro atoms. The van der Waals surface area contributed by atoms with Gasteiger partial charge in [-0.2, -0.15) is 5.26 Å². The summed E-state index contributed by atoms with van der Waals surface area (Å²) in [6.07, 6.45) is 3.90. The molecule has 1 saturated carbocycles. The second-order valence-electron chi connectivity index (χ2n) is 4.79. The van der Waals surface area contributed by atoms with E-state index in [1.54, 1.807) is 6.33 Å². The highest BCUT2D eigenvalue weighted by atomic mass is 15.1. The van der Waals surface area contributed by atoms with Crippen molar-refractivity contribution in [2.75, 3.05) is 0 Å². The maximum Gasteiger partial charge on any atom is 0.125 e. The van der Waals surface area contributed by atoms with Crippen LogP contribution in [-0.4, -0.2) is 15.1 Å². The van der Waals surface area contributed by atoms with E-state index in [0.717, 1.165) is 23.9 Å². The molecule has 1 fully saturated rings. The fraction of sp³-hybridized carbons (Fsp3) is 0.385. The maximum atomic E-state index is 9.26. The number of nitrogens with two attached hydrogens (primary N) is 1. The lowest BCUT2D eigenvalue weighted by molar-refractivity contribution is 0.410. The minimum atomic E-state index is -0.747. The van der Waals surface area contributed by atoms with Crippen molar-refractivity contribution in [2.24, 2.45) is 11.7 Å². The van der Waals surface area contributed by atoms with Gasteiger partial charge in [-0.3, -0.25) is 0 Å². The number of fused-ring (bicyclic) bond motifs is 1. The summed E-state index contributed by atoms with van der Waals surface area (Å²) < 4.78 is 1.98. The Morgan fingerprint density at radius 3 is 2.94 bits per heavy atom. The summed E-state index contributed by atoms with van der Waals surface area (Å²) in [4.78, 5) is 4.31. The van der Waals surface area contributed by atoms with Crippen LogP contribution in [0.1, 0.15) is 12.8 Å². The third kappa shape index (κ3) is 1.69. The average molecular weight is 226 g/mol. The van der Waals surface area contributed by atoms with Crippen molar-refractivity contribution in [3.05, 3.63) is 30.6 Å². The number of rotatable bonds is 3. The number of benzene rings is 1. The normalized spacial score (nSPS) is 18.8. The van der Waals surface area contributed by atoms with Crippen molar-refractivity contribution in [1.82, 2.24) is 9.55 Å². The third-order valence-corrected chi connectivity index (χ3v) is 3.47. The quantitative estimate of drug-likeness (QED) is 0.865. The van der Waals surface area contributed by atoms with Crippen LogP contribution >= 0.6 is 0 Å². The molecule has 1 aromatic carbocycles. The Morgan fingerprint density at radius 1 is 1.47 bits per heavy atom. The minimum Gasteiger partial charge on any atom is -0.328 e. The van der Waals surface area contributed by atoms with Gasteiger partial charge in [0.05, 0.1) is 30.0 Å². The first-order chi connectivity index (χ1) is 8.23. The average Bonchev–Trinajstić information content (AvgIpc) is 3.14. The van der Waals surface area contributed by atoms with Crippen LogP contribution in [-0.2, 0) is 6.54 Å². The van der Waals surface area contributed by atoms with Crippen LogP contribution in [0.2, 0.25) is 0 Å². The summed E-state index contributed by atoms with van der Waals surface area (Å²) >= 11 is 0. The summed E-state index contributed by atoms with van der Waals surface area (Å²) in [6.45, 7) is 0.523. The number of hydrogen-bond donors (Lipinski definition) is 1. The first kappa shape index (κ1) is 10.3. The van der Waals surface area contributed by atoms with Gasteiger partial charge in [0.2, 0.25) is 0 Å². The molecule has 2 aromatic rings. The van der Waals surface area contributed by atoms with Gasteiger partial charge in [-0.05, 0) is 30.9 Å². The highest BCUT2D eigenvalue weighted by molar-refractivity contribution is 5.74. The molecule has 0 amide bonds. The molecule has 0 bridgehead atoms. The molecule has 1 aliphatic carbocycles. The SMILES string of the molecule is N#CC(N)(Cn1cnc2ccccc21)C1CC1. The molecule has 1 heterocycles. The van der Waals surface area contributed by atoms with Gasteiger partial charge in [-0.25, -0.2) is 4.98 Å². The molecule has 4 nitrogen and oxygen atoms in total. The zero-order valence-corrected chi connectivity index (χ0v) is 9.50. The highest BCUT2D eigenvalue weighted by Crippen LogP contribution is 2.39. The molecule has 0 radical (unpaired) electrons. The van der Waals surface area contributed by atoms with Crippen LogP contribution in [0.15, 0.2) is 30.6 Å².